The first-order chi connectivity index (χ1) is 14.5. The summed E-state index contributed by atoms with van der Waals surface area (Å²) in [6.07, 6.45) is -0.0149. The highest BCUT2D eigenvalue weighted by Gasteiger charge is 2.21. The average molecular weight is 415 g/mol. The maximum atomic E-state index is 12.6. The molecule has 0 radical (unpaired) electrons. The Bertz CT molecular complexity index is 881. The van der Waals surface area contributed by atoms with E-state index in [1.165, 1.54) is 25.3 Å². The van der Waals surface area contributed by atoms with Gasteiger partial charge in [0.05, 0.1) is 31.4 Å². The second-order valence-electron chi connectivity index (χ2n) is 6.97. The first-order valence-electron chi connectivity index (χ1n) is 9.70. The molecule has 1 saturated heterocycles. The molecule has 0 aliphatic carbocycles. The highest BCUT2D eigenvalue weighted by atomic mass is 16.6. The molecule has 3 rings (SSSR count). The summed E-state index contributed by atoms with van der Waals surface area (Å²) in [4.78, 5) is 25.4. The smallest absolute Gasteiger partial charge is 0.282 e. The molecule has 1 amide bonds. The van der Waals surface area contributed by atoms with E-state index < -0.39 is 16.9 Å². The van der Waals surface area contributed by atoms with Crippen molar-refractivity contribution in [1.29, 1.82) is 0 Å². The number of ether oxygens (including phenoxy) is 2. The largest absolute Gasteiger partial charge is 0.497 e. The summed E-state index contributed by atoms with van der Waals surface area (Å²) in [5, 5.41) is 24.3. The maximum Gasteiger partial charge on any atom is 0.282 e. The number of nitrogens with one attached hydrogen (secondary N) is 1. The molecule has 9 nitrogen and oxygen atoms in total. The van der Waals surface area contributed by atoms with E-state index >= 15 is 0 Å². The third-order valence-corrected chi connectivity index (χ3v) is 5.02. The van der Waals surface area contributed by atoms with Crippen LogP contribution < -0.4 is 10.1 Å². The highest BCUT2D eigenvalue weighted by molar-refractivity contribution is 6.07. The molecule has 0 saturated carbocycles. The van der Waals surface area contributed by atoms with Crippen LogP contribution in [0.2, 0.25) is 0 Å². The number of nitro groups is 1. The molecule has 0 aromatic heterocycles. The number of amides is 1. The molecule has 0 bridgehead atoms. The second-order valence-corrected chi connectivity index (χ2v) is 6.97. The van der Waals surface area contributed by atoms with Gasteiger partial charge < -0.3 is 19.9 Å². The van der Waals surface area contributed by atoms with Gasteiger partial charge in [0.1, 0.15) is 11.3 Å². The molecule has 9 heteroatoms. The Morgan fingerprint density at radius 3 is 2.60 bits per heavy atom. The zero-order chi connectivity index (χ0) is 21.5. The van der Waals surface area contributed by atoms with Crippen molar-refractivity contribution >= 4 is 17.3 Å². The molecule has 1 heterocycles. The standard InChI is InChI=1S/C21H25N3O6/c1-29-17-6-7-19(24(27)28)18(14-17)21(26)22-16-4-2-15(3-5-16)20(25)8-9-23-10-12-30-13-11-23/h2-7,14,20,25H,8-13H2,1H3,(H,22,26). The van der Waals surface area contributed by atoms with Gasteiger partial charge in [0.15, 0.2) is 0 Å². The van der Waals surface area contributed by atoms with Crippen LogP contribution in [0.5, 0.6) is 5.75 Å². The number of carbonyl (C=O) groups is 1. The van der Waals surface area contributed by atoms with Crippen molar-refractivity contribution in [2.24, 2.45) is 0 Å². The molecule has 2 aromatic rings. The minimum absolute atomic E-state index is 0.0889. The number of methoxy groups -OCH3 is 1. The van der Waals surface area contributed by atoms with Gasteiger partial charge in [0, 0.05) is 31.4 Å². The molecular weight excluding hydrogens is 390 g/mol. The lowest BCUT2D eigenvalue weighted by atomic mass is 10.1. The van der Waals surface area contributed by atoms with Crippen molar-refractivity contribution in [2.75, 3.05) is 45.3 Å². The second kappa shape index (κ2) is 10.1. The lowest BCUT2D eigenvalue weighted by molar-refractivity contribution is -0.385. The zero-order valence-electron chi connectivity index (χ0n) is 16.7. The van der Waals surface area contributed by atoms with E-state index in [0.717, 1.165) is 38.4 Å². The van der Waals surface area contributed by atoms with Gasteiger partial charge in [-0.05, 0) is 36.2 Å². The molecule has 30 heavy (non-hydrogen) atoms. The fourth-order valence-corrected chi connectivity index (χ4v) is 3.27. The van der Waals surface area contributed by atoms with E-state index in [2.05, 4.69) is 10.2 Å². The third kappa shape index (κ3) is 5.53. The number of hydrogen-bond acceptors (Lipinski definition) is 7. The number of carbonyl (C=O) groups excluding carboxylic acids is 1. The fourth-order valence-electron chi connectivity index (χ4n) is 3.27. The van der Waals surface area contributed by atoms with E-state index in [9.17, 15) is 20.0 Å². The molecule has 1 aliphatic heterocycles. The van der Waals surface area contributed by atoms with E-state index in [4.69, 9.17) is 9.47 Å². The quantitative estimate of drug-likeness (QED) is 0.503. The summed E-state index contributed by atoms with van der Waals surface area (Å²) >= 11 is 0. The first kappa shape index (κ1) is 21.7. The number of anilines is 1. The molecular formula is C21H25N3O6. The van der Waals surface area contributed by atoms with Crippen LogP contribution in [0.4, 0.5) is 11.4 Å². The number of nitro benzene ring substituents is 1. The van der Waals surface area contributed by atoms with E-state index in [1.807, 2.05) is 0 Å². The maximum absolute atomic E-state index is 12.6. The van der Waals surface area contributed by atoms with Gasteiger partial charge in [-0.2, -0.15) is 0 Å². The average Bonchev–Trinajstić information content (AvgIpc) is 2.78. The number of morpholine rings is 1. The van der Waals surface area contributed by atoms with E-state index in [1.54, 1.807) is 24.3 Å². The van der Waals surface area contributed by atoms with Gasteiger partial charge >= 0.3 is 0 Å². The first-order valence-corrected chi connectivity index (χ1v) is 9.70. The Hall–Kier alpha value is -3.01. The van der Waals surface area contributed by atoms with Gasteiger partial charge in [0.2, 0.25) is 0 Å². The number of rotatable bonds is 8. The highest BCUT2D eigenvalue weighted by Crippen LogP contribution is 2.26. The number of aliphatic hydroxyl groups excluding tert-OH is 1. The lowest BCUT2D eigenvalue weighted by Crippen LogP contribution is -2.37. The van der Waals surface area contributed by atoms with Crippen molar-refractivity contribution in [1.82, 2.24) is 4.90 Å². The Morgan fingerprint density at radius 2 is 1.97 bits per heavy atom. The predicted octanol–water partition coefficient (Wildman–Crippen LogP) is 2.61. The van der Waals surface area contributed by atoms with Crippen LogP contribution in [-0.2, 0) is 4.74 Å². The van der Waals surface area contributed by atoms with E-state index in [0.29, 0.717) is 17.9 Å². The third-order valence-electron chi connectivity index (χ3n) is 5.02. The Balaban J connectivity index is 1.62. The van der Waals surface area contributed by atoms with Gasteiger partial charge in [-0.1, -0.05) is 12.1 Å². The summed E-state index contributed by atoms with van der Waals surface area (Å²) in [6, 6.07) is 10.8. The molecule has 1 fully saturated rings. The number of benzene rings is 2. The summed E-state index contributed by atoms with van der Waals surface area (Å²) in [5.41, 5.74) is 0.826. The van der Waals surface area contributed by atoms with Crippen molar-refractivity contribution in [3.05, 3.63) is 63.7 Å². The summed E-state index contributed by atoms with van der Waals surface area (Å²) < 4.78 is 10.4. The van der Waals surface area contributed by atoms with Crippen molar-refractivity contribution in [3.63, 3.8) is 0 Å². The normalized spacial score (nSPS) is 15.4. The van der Waals surface area contributed by atoms with Gasteiger partial charge in [-0.3, -0.25) is 19.8 Å². The Labute approximate surface area is 174 Å². The monoisotopic (exact) mass is 415 g/mol. The van der Waals surface area contributed by atoms with Crippen LogP contribution in [0.25, 0.3) is 0 Å². The molecule has 1 atom stereocenters. The Kier molecular flexibility index (Phi) is 7.34. The molecule has 160 valence electrons. The summed E-state index contributed by atoms with van der Waals surface area (Å²) in [5.74, 6) is -0.259. The van der Waals surface area contributed by atoms with Crippen LogP contribution in [0.15, 0.2) is 42.5 Å². The number of hydrogen-bond donors (Lipinski definition) is 2. The molecule has 2 N–H and O–H groups in total. The summed E-state index contributed by atoms with van der Waals surface area (Å²) in [7, 11) is 1.42. The molecule has 0 spiro atoms. The van der Waals surface area contributed by atoms with Gasteiger partial charge in [-0.25, -0.2) is 0 Å². The molecule has 2 aromatic carbocycles. The number of nitrogens with zero attached hydrogens (tertiary/aromatic N) is 2. The zero-order valence-corrected chi connectivity index (χ0v) is 16.7. The number of aliphatic hydroxyl groups is 1. The minimum Gasteiger partial charge on any atom is -0.497 e. The van der Waals surface area contributed by atoms with Gasteiger partial charge in [-0.15, -0.1) is 0 Å². The molecule has 1 unspecified atom stereocenters. The lowest BCUT2D eigenvalue weighted by Gasteiger charge is -2.27. The van der Waals surface area contributed by atoms with Crippen LogP contribution in [0, 0.1) is 10.1 Å². The van der Waals surface area contributed by atoms with Crippen LogP contribution in [-0.4, -0.2) is 60.8 Å². The van der Waals surface area contributed by atoms with Crippen LogP contribution in [0.1, 0.15) is 28.4 Å². The van der Waals surface area contributed by atoms with Crippen molar-refractivity contribution in [2.45, 2.75) is 12.5 Å². The van der Waals surface area contributed by atoms with Gasteiger partial charge in [0.25, 0.3) is 11.6 Å². The summed E-state index contributed by atoms with van der Waals surface area (Å²) in [6.45, 7) is 3.95. The van der Waals surface area contributed by atoms with Crippen molar-refractivity contribution in [3.8, 4) is 5.75 Å². The Morgan fingerprint density at radius 1 is 1.27 bits per heavy atom. The topological polar surface area (TPSA) is 114 Å². The predicted molar refractivity (Wildman–Crippen MR) is 111 cm³/mol. The fraction of sp³-hybridized carbons (Fsp3) is 0.381. The van der Waals surface area contributed by atoms with Crippen LogP contribution in [0.3, 0.4) is 0 Å². The molecule has 1 aliphatic rings. The SMILES string of the molecule is COc1ccc([N+](=O)[O-])c(C(=O)Nc2ccc(C(O)CCN3CCOCC3)cc2)c1. The minimum atomic E-state index is -0.614. The van der Waals surface area contributed by atoms with E-state index in [-0.39, 0.29) is 11.3 Å². The van der Waals surface area contributed by atoms with Crippen LogP contribution >= 0.6 is 0 Å². The van der Waals surface area contributed by atoms with Crippen molar-refractivity contribution < 1.29 is 24.3 Å².